The second kappa shape index (κ2) is 9.19. The first-order valence-corrected chi connectivity index (χ1v) is 8.30. The van der Waals surface area contributed by atoms with Crippen molar-refractivity contribution in [3.63, 3.8) is 0 Å². The highest BCUT2D eigenvalue weighted by atomic mass is 16.6. The Kier molecular flexibility index (Phi) is 6.97. The van der Waals surface area contributed by atoms with Crippen LogP contribution in [0.1, 0.15) is 18.9 Å². The number of nitrogens with zero attached hydrogens (tertiary/aromatic N) is 1. The number of carbonyl (C=O) groups excluding carboxylic acids is 3. The Labute approximate surface area is 151 Å². The van der Waals surface area contributed by atoms with Gasteiger partial charge in [0.15, 0.2) is 0 Å². The van der Waals surface area contributed by atoms with Crippen LogP contribution >= 0.6 is 0 Å². The molecule has 1 aliphatic rings. The zero-order chi connectivity index (χ0) is 19.1. The number of hydrogen-bond donors (Lipinski definition) is 1. The molecule has 0 radical (unpaired) electrons. The van der Waals surface area contributed by atoms with E-state index in [0.717, 1.165) is 10.5 Å². The summed E-state index contributed by atoms with van der Waals surface area (Å²) in [7, 11) is 1.21. The van der Waals surface area contributed by atoms with Gasteiger partial charge in [0.05, 0.1) is 26.4 Å². The van der Waals surface area contributed by atoms with Crippen molar-refractivity contribution < 1.29 is 33.7 Å². The molecular weight excluding hydrogens is 342 g/mol. The van der Waals surface area contributed by atoms with Crippen LogP contribution < -0.4 is 0 Å². The highest BCUT2D eigenvalue weighted by Gasteiger charge is 2.48. The Morgan fingerprint density at radius 3 is 2.50 bits per heavy atom. The third-order valence-electron chi connectivity index (χ3n) is 4.26. The SMILES string of the molecule is COC(=O)[C@@H]1[C@@H](CCOC(C)=O)[C@@H](O)CN1C(=O)OCc1ccccc1. The number of aliphatic hydroxyl groups is 1. The first kappa shape index (κ1) is 19.7. The highest BCUT2D eigenvalue weighted by Crippen LogP contribution is 2.29. The van der Waals surface area contributed by atoms with E-state index in [1.165, 1.54) is 14.0 Å². The maximum Gasteiger partial charge on any atom is 0.410 e. The molecule has 0 saturated carbocycles. The number of β-amino-alcohol motifs (C(OH)–C–C–N with tert-alkyl or cyclic N) is 1. The molecule has 2 rings (SSSR count). The average Bonchev–Trinajstić information content (AvgIpc) is 2.96. The molecule has 1 aromatic carbocycles. The molecular formula is C18H23NO7. The molecule has 1 fully saturated rings. The van der Waals surface area contributed by atoms with Gasteiger partial charge < -0.3 is 19.3 Å². The number of amides is 1. The minimum Gasteiger partial charge on any atom is -0.467 e. The van der Waals surface area contributed by atoms with Crippen LogP contribution in [0.5, 0.6) is 0 Å². The van der Waals surface area contributed by atoms with E-state index in [4.69, 9.17) is 14.2 Å². The van der Waals surface area contributed by atoms with Gasteiger partial charge in [0.25, 0.3) is 0 Å². The number of rotatable bonds is 6. The molecule has 1 aliphatic heterocycles. The molecule has 142 valence electrons. The van der Waals surface area contributed by atoms with Crippen molar-refractivity contribution in [2.75, 3.05) is 20.3 Å². The molecule has 1 amide bonds. The highest BCUT2D eigenvalue weighted by molar-refractivity contribution is 5.82. The molecule has 8 nitrogen and oxygen atoms in total. The third-order valence-corrected chi connectivity index (χ3v) is 4.26. The number of esters is 2. The zero-order valence-electron chi connectivity index (χ0n) is 14.8. The van der Waals surface area contributed by atoms with Crippen LogP contribution in [0.3, 0.4) is 0 Å². The summed E-state index contributed by atoms with van der Waals surface area (Å²) in [6.45, 7) is 1.31. The van der Waals surface area contributed by atoms with Crippen molar-refractivity contribution in [3.05, 3.63) is 35.9 Å². The molecule has 0 unspecified atom stereocenters. The van der Waals surface area contributed by atoms with Crippen LogP contribution in [0.2, 0.25) is 0 Å². The zero-order valence-corrected chi connectivity index (χ0v) is 14.8. The van der Waals surface area contributed by atoms with Gasteiger partial charge in [0.1, 0.15) is 12.6 Å². The Morgan fingerprint density at radius 1 is 1.19 bits per heavy atom. The fourth-order valence-corrected chi connectivity index (χ4v) is 2.99. The van der Waals surface area contributed by atoms with Crippen molar-refractivity contribution >= 4 is 18.0 Å². The van der Waals surface area contributed by atoms with Gasteiger partial charge in [-0.1, -0.05) is 30.3 Å². The van der Waals surface area contributed by atoms with E-state index in [1.807, 2.05) is 30.3 Å². The third kappa shape index (κ3) is 4.95. The number of benzene rings is 1. The number of aliphatic hydroxyl groups excluding tert-OH is 1. The van der Waals surface area contributed by atoms with Gasteiger partial charge in [-0.3, -0.25) is 9.69 Å². The molecule has 0 bridgehead atoms. The summed E-state index contributed by atoms with van der Waals surface area (Å²) in [5.41, 5.74) is 0.807. The molecule has 1 saturated heterocycles. The Bertz CT molecular complexity index is 634. The van der Waals surface area contributed by atoms with Crippen LogP contribution in [0, 0.1) is 5.92 Å². The molecule has 1 N–H and O–H groups in total. The van der Waals surface area contributed by atoms with Gasteiger partial charge in [-0.2, -0.15) is 0 Å². The van der Waals surface area contributed by atoms with Crippen molar-refractivity contribution in [3.8, 4) is 0 Å². The fourth-order valence-electron chi connectivity index (χ4n) is 2.99. The van der Waals surface area contributed by atoms with Crippen molar-refractivity contribution in [2.24, 2.45) is 5.92 Å². The van der Waals surface area contributed by atoms with Gasteiger partial charge in [-0.05, 0) is 12.0 Å². The summed E-state index contributed by atoms with van der Waals surface area (Å²) in [5.74, 6) is -1.71. The van der Waals surface area contributed by atoms with E-state index < -0.39 is 36.1 Å². The second-order valence-electron chi connectivity index (χ2n) is 6.02. The summed E-state index contributed by atoms with van der Waals surface area (Å²) < 4.78 is 14.9. The topological polar surface area (TPSA) is 102 Å². The molecule has 3 atom stereocenters. The van der Waals surface area contributed by atoms with Gasteiger partial charge in [-0.25, -0.2) is 9.59 Å². The quantitative estimate of drug-likeness (QED) is 0.595. The molecule has 0 aromatic heterocycles. The van der Waals surface area contributed by atoms with Crippen molar-refractivity contribution in [1.82, 2.24) is 4.90 Å². The first-order chi connectivity index (χ1) is 12.4. The van der Waals surface area contributed by atoms with E-state index in [2.05, 4.69) is 0 Å². The minimum atomic E-state index is -0.992. The lowest BCUT2D eigenvalue weighted by Gasteiger charge is -2.25. The fraction of sp³-hybridized carbons (Fsp3) is 0.500. The number of methoxy groups -OCH3 is 1. The van der Waals surface area contributed by atoms with E-state index in [-0.39, 0.29) is 26.2 Å². The smallest absolute Gasteiger partial charge is 0.410 e. The van der Waals surface area contributed by atoms with E-state index in [9.17, 15) is 19.5 Å². The lowest BCUT2D eigenvalue weighted by atomic mass is 9.95. The Morgan fingerprint density at radius 2 is 1.88 bits per heavy atom. The van der Waals surface area contributed by atoms with Gasteiger partial charge >= 0.3 is 18.0 Å². The summed E-state index contributed by atoms with van der Waals surface area (Å²) in [6.07, 6.45) is -1.43. The maximum absolute atomic E-state index is 12.4. The Hall–Kier alpha value is -2.61. The lowest BCUT2D eigenvalue weighted by Crippen LogP contribution is -2.44. The number of hydrogen-bond acceptors (Lipinski definition) is 7. The van der Waals surface area contributed by atoms with Gasteiger partial charge in [-0.15, -0.1) is 0 Å². The minimum absolute atomic E-state index is 0.0391. The van der Waals surface area contributed by atoms with Crippen LogP contribution in [-0.4, -0.2) is 60.4 Å². The van der Waals surface area contributed by atoms with Crippen molar-refractivity contribution in [1.29, 1.82) is 0 Å². The number of likely N-dealkylation sites (tertiary alicyclic amines) is 1. The van der Waals surface area contributed by atoms with E-state index in [0.29, 0.717) is 0 Å². The van der Waals surface area contributed by atoms with Crippen LogP contribution in [-0.2, 0) is 30.4 Å². The molecule has 8 heteroatoms. The van der Waals surface area contributed by atoms with Crippen LogP contribution in [0.25, 0.3) is 0 Å². The molecule has 0 spiro atoms. The van der Waals surface area contributed by atoms with Gasteiger partial charge in [0, 0.05) is 12.8 Å². The molecule has 0 aliphatic carbocycles. The standard InChI is InChI=1S/C18H23NO7/c1-12(20)25-9-8-14-15(21)10-19(16(14)17(22)24-2)18(23)26-11-13-6-4-3-5-7-13/h3-7,14-16,21H,8-11H2,1-2H3/t14-,15-,16-/m0/s1. The van der Waals surface area contributed by atoms with E-state index in [1.54, 1.807) is 0 Å². The molecule has 1 aromatic rings. The second-order valence-corrected chi connectivity index (χ2v) is 6.02. The molecule has 26 heavy (non-hydrogen) atoms. The summed E-state index contributed by atoms with van der Waals surface area (Å²) in [4.78, 5) is 36.7. The number of ether oxygens (including phenoxy) is 3. The predicted molar refractivity (Wildman–Crippen MR) is 89.9 cm³/mol. The largest absolute Gasteiger partial charge is 0.467 e. The molecule has 1 heterocycles. The van der Waals surface area contributed by atoms with Gasteiger partial charge in [0.2, 0.25) is 0 Å². The normalized spacial score (nSPS) is 22.0. The Balaban J connectivity index is 2.04. The maximum atomic E-state index is 12.4. The van der Waals surface area contributed by atoms with E-state index >= 15 is 0 Å². The average molecular weight is 365 g/mol. The first-order valence-electron chi connectivity index (χ1n) is 8.30. The monoisotopic (exact) mass is 365 g/mol. The summed E-state index contributed by atoms with van der Waals surface area (Å²) in [5, 5.41) is 10.3. The predicted octanol–water partition coefficient (Wildman–Crippen LogP) is 1.11. The number of carbonyl (C=O) groups is 3. The van der Waals surface area contributed by atoms with Crippen LogP contribution in [0.4, 0.5) is 4.79 Å². The summed E-state index contributed by atoms with van der Waals surface area (Å²) in [6, 6.07) is 8.13. The van der Waals surface area contributed by atoms with Crippen LogP contribution in [0.15, 0.2) is 30.3 Å². The van der Waals surface area contributed by atoms with Crippen molar-refractivity contribution in [2.45, 2.75) is 32.1 Å². The lowest BCUT2D eigenvalue weighted by molar-refractivity contribution is -0.147. The summed E-state index contributed by atoms with van der Waals surface area (Å²) >= 11 is 0.